The molecule has 3 aromatic carbocycles. The van der Waals surface area contributed by atoms with Crippen molar-refractivity contribution in [2.75, 3.05) is 11.9 Å². The summed E-state index contributed by atoms with van der Waals surface area (Å²) in [5, 5.41) is 6.87. The number of hydrogen-bond acceptors (Lipinski definition) is 6. The summed E-state index contributed by atoms with van der Waals surface area (Å²) >= 11 is 0. The van der Waals surface area contributed by atoms with Gasteiger partial charge in [-0.2, -0.15) is 4.98 Å². The summed E-state index contributed by atoms with van der Waals surface area (Å²) in [4.78, 5) is 16.9. The standard InChI is InChI=1S/C25H23N3O4/c1-2-30-19-12-14-20(15-13-19)31-22-11-7-6-10-21(22)26-23(29)16-17-24-27-25(28-32-24)18-8-4-3-5-9-18/h3-15H,2,16-17H2,1H3,(H,26,29). The van der Waals surface area contributed by atoms with Gasteiger partial charge in [0, 0.05) is 18.4 Å². The first-order valence-electron chi connectivity index (χ1n) is 10.4. The molecule has 0 saturated carbocycles. The van der Waals surface area contributed by atoms with Crippen LogP contribution in [-0.4, -0.2) is 22.7 Å². The molecular weight excluding hydrogens is 406 g/mol. The van der Waals surface area contributed by atoms with Crippen molar-refractivity contribution in [3.05, 3.63) is 84.8 Å². The maximum atomic E-state index is 12.5. The van der Waals surface area contributed by atoms with E-state index in [0.717, 1.165) is 11.3 Å². The molecule has 0 unspecified atom stereocenters. The molecule has 4 rings (SSSR count). The first kappa shape index (κ1) is 21.1. The van der Waals surface area contributed by atoms with Gasteiger partial charge in [-0.05, 0) is 43.3 Å². The lowest BCUT2D eigenvalue weighted by Gasteiger charge is -2.12. The highest BCUT2D eigenvalue weighted by Gasteiger charge is 2.12. The van der Waals surface area contributed by atoms with Gasteiger partial charge < -0.3 is 19.3 Å². The fraction of sp³-hybridized carbons (Fsp3) is 0.160. The van der Waals surface area contributed by atoms with E-state index in [4.69, 9.17) is 14.0 Å². The summed E-state index contributed by atoms with van der Waals surface area (Å²) in [6.45, 7) is 2.54. The Hall–Kier alpha value is -4.13. The Kier molecular flexibility index (Phi) is 6.77. The van der Waals surface area contributed by atoms with Crippen LogP contribution in [-0.2, 0) is 11.2 Å². The molecule has 0 aliphatic carbocycles. The number of anilines is 1. The number of ether oxygens (including phenoxy) is 2. The molecule has 0 saturated heterocycles. The third-order valence-corrected chi connectivity index (χ3v) is 4.59. The SMILES string of the molecule is CCOc1ccc(Oc2ccccc2NC(=O)CCc2nc(-c3ccccc3)no2)cc1. The Morgan fingerprint density at radius 2 is 1.66 bits per heavy atom. The minimum absolute atomic E-state index is 0.174. The quantitative estimate of drug-likeness (QED) is 0.378. The molecular formula is C25H23N3O4. The molecule has 1 N–H and O–H groups in total. The Labute approximate surface area is 186 Å². The smallest absolute Gasteiger partial charge is 0.227 e. The van der Waals surface area contributed by atoms with Gasteiger partial charge in [0.2, 0.25) is 17.6 Å². The van der Waals surface area contributed by atoms with E-state index in [2.05, 4.69) is 15.5 Å². The van der Waals surface area contributed by atoms with Gasteiger partial charge in [-0.25, -0.2) is 0 Å². The molecule has 1 aromatic heterocycles. The third-order valence-electron chi connectivity index (χ3n) is 4.59. The van der Waals surface area contributed by atoms with Crippen molar-refractivity contribution in [2.24, 2.45) is 0 Å². The molecule has 162 valence electrons. The zero-order valence-corrected chi connectivity index (χ0v) is 17.7. The number of carbonyl (C=O) groups is 1. The lowest BCUT2D eigenvalue weighted by molar-refractivity contribution is -0.116. The average molecular weight is 429 g/mol. The maximum Gasteiger partial charge on any atom is 0.227 e. The zero-order valence-electron chi connectivity index (χ0n) is 17.7. The number of aryl methyl sites for hydroxylation is 1. The predicted octanol–water partition coefficient (Wildman–Crippen LogP) is 5.50. The van der Waals surface area contributed by atoms with Crippen LogP contribution in [0.2, 0.25) is 0 Å². The van der Waals surface area contributed by atoms with Crippen molar-refractivity contribution in [1.29, 1.82) is 0 Å². The van der Waals surface area contributed by atoms with E-state index in [-0.39, 0.29) is 12.3 Å². The maximum absolute atomic E-state index is 12.5. The van der Waals surface area contributed by atoms with Crippen LogP contribution in [0.25, 0.3) is 11.4 Å². The number of nitrogens with one attached hydrogen (secondary N) is 1. The fourth-order valence-corrected chi connectivity index (χ4v) is 3.05. The number of hydrogen-bond donors (Lipinski definition) is 1. The normalized spacial score (nSPS) is 10.5. The Balaban J connectivity index is 1.35. The van der Waals surface area contributed by atoms with Crippen LogP contribution < -0.4 is 14.8 Å². The third kappa shape index (κ3) is 5.51. The summed E-state index contributed by atoms with van der Waals surface area (Å²) in [7, 11) is 0. The zero-order chi connectivity index (χ0) is 22.2. The van der Waals surface area contributed by atoms with Gasteiger partial charge in [-0.3, -0.25) is 4.79 Å². The average Bonchev–Trinajstić information content (AvgIpc) is 3.30. The largest absolute Gasteiger partial charge is 0.494 e. The van der Waals surface area contributed by atoms with Crippen LogP contribution in [0.3, 0.4) is 0 Å². The Morgan fingerprint density at radius 1 is 0.938 bits per heavy atom. The second-order valence-electron chi connectivity index (χ2n) is 6.93. The highest BCUT2D eigenvalue weighted by atomic mass is 16.5. The summed E-state index contributed by atoms with van der Waals surface area (Å²) < 4.78 is 16.7. The number of aromatic nitrogens is 2. The summed E-state index contributed by atoms with van der Waals surface area (Å²) in [5.74, 6) is 2.72. The molecule has 1 amide bonds. The van der Waals surface area contributed by atoms with Crippen molar-refractivity contribution in [1.82, 2.24) is 10.1 Å². The van der Waals surface area contributed by atoms with Gasteiger partial charge in [0.25, 0.3) is 0 Å². The monoisotopic (exact) mass is 429 g/mol. The Morgan fingerprint density at radius 3 is 2.44 bits per heavy atom. The second-order valence-corrected chi connectivity index (χ2v) is 6.93. The minimum atomic E-state index is -0.174. The van der Waals surface area contributed by atoms with Crippen LogP contribution >= 0.6 is 0 Å². The number of carbonyl (C=O) groups excluding carboxylic acids is 1. The van der Waals surface area contributed by atoms with E-state index in [1.807, 2.05) is 73.7 Å². The molecule has 4 aromatic rings. The van der Waals surface area contributed by atoms with E-state index in [1.165, 1.54) is 0 Å². The number of rotatable bonds is 9. The predicted molar refractivity (Wildman–Crippen MR) is 121 cm³/mol. The van der Waals surface area contributed by atoms with E-state index in [1.54, 1.807) is 12.1 Å². The van der Waals surface area contributed by atoms with Crippen LogP contribution in [0, 0.1) is 0 Å². The molecule has 7 heteroatoms. The molecule has 0 atom stereocenters. The van der Waals surface area contributed by atoms with Crippen molar-refractivity contribution >= 4 is 11.6 Å². The van der Waals surface area contributed by atoms with Gasteiger partial charge in [0.1, 0.15) is 11.5 Å². The number of para-hydroxylation sites is 2. The van der Waals surface area contributed by atoms with E-state index in [9.17, 15) is 4.79 Å². The van der Waals surface area contributed by atoms with Gasteiger partial charge >= 0.3 is 0 Å². The van der Waals surface area contributed by atoms with Crippen LogP contribution in [0.5, 0.6) is 17.2 Å². The molecule has 0 aliphatic heterocycles. The topological polar surface area (TPSA) is 86.5 Å². The van der Waals surface area contributed by atoms with E-state index in [0.29, 0.717) is 41.9 Å². The molecule has 1 heterocycles. The van der Waals surface area contributed by atoms with Crippen molar-refractivity contribution in [3.8, 4) is 28.6 Å². The summed E-state index contributed by atoms with van der Waals surface area (Å²) in [5.41, 5.74) is 1.45. The fourth-order valence-electron chi connectivity index (χ4n) is 3.05. The molecule has 0 bridgehead atoms. The summed E-state index contributed by atoms with van der Waals surface area (Å²) in [6.07, 6.45) is 0.543. The van der Waals surface area contributed by atoms with Crippen LogP contribution in [0.1, 0.15) is 19.2 Å². The first-order chi connectivity index (χ1) is 15.7. The molecule has 0 fully saturated rings. The highest BCUT2D eigenvalue weighted by molar-refractivity contribution is 5.92. The van der Waals surface area contributed by atoms with Crippen molar-refractivity contribution in [2.45, 2.75) is 19.8 Å². The highest BCUT2D eigenvalue weighted by Crippen LogP contribution is 2.30. The van der Waals surface area contributed by atoms with Gasteiger partial charge in [-0.15, -0.1) is 0 Å². The van der Waals surface area contributed by atoms with Gasteiger partial charge in [-0.1, -0.05) is 47.6 Å². The van der Waals surface area contributed by atoms with E-state index >= 15 is 0 Å². The molecule has 0 aliphatic rings. The molecule has 7 nitrogen and oxygen atoms in total. The summed E-state index contributed by atoms with van der Waals surface area (Å²) in [6, 6.07) is 24.2. The van der Waals surface area contributed by atoms with Crippen molar-refractivity contribution in [3.63, 3.8) is 0 Å². The van der Waals surface area contributed by atoms with Crippen LogP contribution in [0.4, 0.5) is 5.69 Å². The second kappa shape index (κ2) is 10.3. The lowest BCUT2D eigenvalue weighted by Crippen LogP contribution is -2.13. The minimum Gasteiger partial charge on any atom is -0.494 e. The van der Waals surface area contributed by atoms with E-state index < -0.39 is 0 Å². The molecule has 0 radical (unpaired) electrons. The number of nitrogens with zero attached hydrogens (tertiary/aromatic N) is 2. The number of benzene rings is 3. The lowest BCUT2D eigenvalue weighted by atomic mass is 10.2. The van der Waals surface area contributed by atoms with Crippen molar-refractivity contribution < 1.29 is 18.8 Å². The number of amides is 1. The van der Waals surface area contributed by atoms with Gasteiger partial charge in [0.05, 0.1) is 12.3 Å². The van der Waals surface area contributed by atoms with Crippen LogP contribution in [0.15, 0.2) is 83.4 Å². The van der Waals surface area contributed by atoms with Gasteiger partial charge in [0.15, 0.2) is 5.75 Å². The molecule has 32 heavy (non-hydrogen) atoms. The first-order valence-corrected chi connectivity index (χ1v) is 10.4. The Bertz CT molecular complexity index is 1160. The molecule has 0 spiro atoms.